The van der Waals surface area contributed by atoms with Crippen LogP contribution in [-0.4, -0.2) is 61.0 Å². The predicted molar refractivity (Wildman–Crippen MR) is 145 cm³/mol. The minimum atomic E-state index is -0.516. The maximum absolute atomic E-state index is 15.4. The van der Waals surface area contributed by atoms with Gasteiger partial charge in [-0.2, -0.15) is 9.49 Å². The Labute approximate surface area is 220 Å². The zero-order chi connectivity index (χ0) is 26.6. The van der Waals surface area contributed by atoms with Crippen LogP contribution in [0, 0.1) is 5.95 Å². The molecule has 2 saturated heterocycles. The molecule has 1 aromatic carbocycles. The Morgan fingerprint density at radius 3 is 2.58 bits per heavy atom. The third kappa shape index (κ3) is 4.16. The SMILES string of the molecule is C[C@@H]1CN(c2cc3nn(C4CCCCO4)c(F)c3n(C)c2=O)[C@@H](C)CN1[C@H](C)c1ccc2nccnc2c1. The summed E-state index contributed by atoms with van der Waals surface area (Å²) in [6.45, 7) is 8.58. The van der Waals surface area contributed by atoms with E-state index in [9.17, 15) is 4.79 Å². The largest absolute Gasteiger partial charge is 0.361 e. The van der Waals surface area contributed by atoms with Gasteiger partial charge in [-0.25, -0.2) is 4.68 Å². The number of piperazine rings is 1. The Morgan fingerprint density at radius 1 is 1.03 bits per heavy atom. The van der Waals surface area contributed by atoms with E-state index >= 15 is 4.39 Å². The van der Waals surface area contributed by atoms with Crippen LogP contribution in [0.5, 0.6) is 0 Å². The number of pyridine rings is 1. The Morgan fingerprint density at radius 2 is 1.82 bits per heavy atom. The molecule has 200 valence electrons. The number of fused-ring (bicyclic) bond motifs is 2. The summed E-state index contributed by atoms with van der Waals surface area (Å²) in [5.41, 5.74) is 4.00. The van der Waals surface area contributed by atoms with Gasteiger partial charge in [0.05, 0.1) is 11.0 Å². The molecule has 0 saturated carbocycles. The van der Waals surface area contributed by atoms with Crippen LogP contribution >= 0.6 is 0 Å². The van der Waals surface area contributed by atoms with Crippen LogP contribution in [0.15, 0.2) is 41.5 Å². The number of aryl methyl sites for hydroxylation is 1. The number of halogens is 1. The second kappa shape index (κ2) is 9.74. The number of nitrogens with zero attached hydrogens (tertiary/aromatic N) is 7. The molecule has 0 spiro atoms. The Kier molecular flexibility index (Phi) is 6.39. The first-order valence-corrected chi connectivity index (χ1v) is 13.5. The highest BCUT2D eigenvalue weighted by molar-refractivity contribution is 5.79. The van der Waals surface area contributed by atoms with Crippen molar-refractivity contribution in [2.45, 2.75) is 64.4 Å². The zero-order valence-electron chi connectivity index (χ0n) is 22.3. The maximum atomic E-state index is 15.4. The number of hydrogen-bond acceptors (Lipinski definition) is 7. The first-order valence-electron chi connectivity index (χ1n) is 13.5. The van der Waals surface area contributed by atoms with Gasteiger partial charge in [-0.15, -0.1) is 0 Å². The fourth-order valence-corrected chi connectivity index (χ4v) is 6.07. The molecule has 0 N–H and O–H groups in total. The summed E-state index contributed by atoms with van der Waals surface area (Å²) in [5, 5.41) is 4.55. The van der Waals surface area contributed by atoms with Crippen molar-refractivity contribution >= 4 is 27.8 Å². The summed E-state index contributed by atoms with van der Waals surface area (Å²) >= 11 is 0. The molecule has 0 amide bonds. The van der Waals surface area contributed by atoms with E-state index in [1.807, 2.05) is 6.07 Å². The van der Waals surface area contributed by atoms with Crippen LogP contribution in [0.2, 0.25) is 0 Å². The molecule has 10 heteroatoms. The molecule has 9 nitrogen and oxygen atoms in total. The predicted octanol–water partition coefficient (Wildman–Crippen LogP) is 4.18. The van der Waals surface area contributed by atoms with Gasteiger partial charge < -0.3 is 14.2 Å². The van der Waals surface area contributed by atoms with Crippen LogP contribution < -0.4 is 10.5 Å². The van der Waals surface area contributed by atoms with E-state index in [-0.39, 0.29) is 29.2 Å². The second-order valence-corrected chi connectivity index (χ2v) is 10.7. The fraction of sp³-hybridized carbons (Fsp3) is 0.500. The summed E-state index contributed by atoms with van der Waals surface area (Å²) in [4.78, 5) is 27.0. The molecule has 0 aliphatic carbocycles. The van der Waals surface area contributed by atoms with E-state index in [1.54, 1.807) is 25.5 Å². The topological polar surface area (TPSA) is 81.3 Å². The van der Waals surface area contributed by atoms with Gasteiger partial charge in [0.1, 0.15) is 16.7 Å². The summed E-state index contributed by atoms with van der Waals surface area (Å²) in [6.07, 6.45) is 5.64. The highest BCUT2D eigenvalue weighted by Gasteiger charge is 2.34. The molecule has 0 bridgehead atoms. The van der Waals surface area contributed by atoms with Crippen molar-refractivity contribution in [2.75, 3.05) is 24.6 Å². The van der Waals surface area contributed by atoms with Gasteiger partial charge in [0, 0.05) is 57.3 Å². The Hall–Kier alpha value is -3.37. The molecule has 4 aromatic rings. The Balaban J connectivity index is 1.29. The number of hydrogen-bond donors (Lipinski definition) is 0. The average Bonchev–Trinajstić information content (AvgIpc) is 3.27. The molecule has 5 heterocycles. The van der Waals surface area contributed by atoms with Gasteiger partial charge in [-0.3, -0.25) is 19.7 Å². The van der Waals surface area contributed by atoms with Crippen molar-refractivity contribution in [3.63, 3.8) is 0 Å². The molecule has 2 aliphatic rings. The van der Waals surface area contributed by atoms with E-state index < -0.39 is 12.2 Å². The lowest BCUT2D eigenvalue weighted by Crippen LogP contribution is -2.58. The lowest BCUT2D eigenvalue weighted by atomic mass is 10.00. The highest BCUT2D eigenvalue weighted by atomic mass is 19.1. The third-order valence-corrected chi connectivity index (χ3v) is 8.23. The van der Waals surface area contributed by atoms with Crippen LogP contribution in [0.25, 0.3) is 22.1 Å². The van der Waals surface area contributed by atoms with Gasteiger partial charge in [0.2, 0.25) is 5.95 Å². The van der Waals surface area contributed by atoms with Crippen molar-refractivity contribution in [3.05, 3.63) is 58.5 Å². The molecule has 0 radical (unpaired) electrons. The monoisotopic (exact) mass is 519 g/mol. The highest BCUT2D eigenvalue weighted by Crippen LogP contribution is 2.32. The Bertz CT molecular complexity index is 1540. The molecule has 1 unspecified atom stereocenters. The van der Waals surface area contributed by atoms with Crippen LogP contribution in [0.1, 0.15) is 57.9 Å². The summed E-state index contributed by atoms with van der Waals surface area (Å²) < 4.78 is 23.9. The summed E-state index contributed by atoms with van der Waals surface area (Å²) in [5.74, 6) is -0.516. The fourth-order valence-electron chi connectivity index (χ4n) is 6.07. The first-order chi connectivity index (χ1) is 18.3. The molecule has 38 heavy (non-hydrogen) atoms. The quantitative estimate of drug-likeness (QED) is 0.400. The van der Waals surface area contributed by atoms with Gasteiger partial charge in [-0.1, -0.05) is 6.07 Å². The average molecular weight is 520 g/mol. The number of ether oxygens (including phenoxy) is 1. The molecule has 4 atom stereocenters. The summed E-state index contributed by atoms with van der Waals surface area (Å²) in [6, 6.07) is 8.44. The van der Waals surface area contributed by atoms with Crippen LogP contribution in [0.4, 0.5) is 10.1 Å². The van der Waals surface area contributed by atoms with Gasteiger partial charge in [0.15, 0.2) is 6.23 Å². The van der Waals surface area contributed by atoms with E-state index in [4.69, 9.17) is 4.74 Å². The smallest absolute Gasteiger partial charge is 0.274 e. The van der Waals surface area contributed by atoms with E-state index in [2.05, 4.69) is 57.8 Å². The van der Waals surface area contributed by atoms with Gasteiger partial charge in [0.25, 0.3) is 5.56 Å². The molecule has 3 aromatic heterocycles. The molecule has 6 rings (SSSR count). The normalized spacial score (nSPS) is 23.8. The zero-order valence-corrected chi connectivity index (χ0v) is 22.3. The number of rotatable bonds is 4. The molecule has 2 aliphatic heterocycles. The van der Waals surface area contributed by atoms with E-state index in [1.165, 1.54) is 14.8 Å². The van der Waals surface area contributed by atoms with Crippen molar-refractivity contribution in [1.29, 1.82) is 0 Å². The maximum Gasteiger partial charge on any atom is 0.274 e. The van der Waals surface area contributed by atoms with Crippen molar-refractivity contribution in [3.8, 4) is 0 Å². The number of benzene rings is 1. The lowest BCUT2D eigenvalue weighted by molar-refractivity contribution is -0.0454. The molecular formula is C28H34FN7O2. The summed E-state index contributed by atoms with van der Waals surface area (Å²) in [7, 11) is 1.63. The van der Waals surface area contributed by atoms with E-state index in [0.717, 1.165) is 30.4 Å². The standard InChI is InChI=1S/C28H34FN7O2/c1-17-16-35(18(2)15-34(17)19(3)20-8-9-21-22(13-20)31-11-10-30-21)24-14-23-26(33(4)28(24)37)27(29)36(32-23)25-7-5-6-12-38-25/h8-11,13-14,17-19,25H,5-7,12,15-16H2,1-4H3/t17-,18+,19-,25?/m1/s1. The van der Waals surface area contributed by atoms with Gasteiger partial charge >= 0.3 is 0 Å². The third-order valence-electron chi connectivity index (χ3n) is 8.23. The minimum absolute atomic E-state index is 0.0765. The van der Waals surface area contributed by atoms with Gasteiger partial charge in [-0.05, 0) is 63.8 Å². The van der Waals surface area contributed by atoms with Crippen molar-refractivity contribution < 1.29 is 9.13 Å². The first kappa shape index (κ1) is 24.9. The molecule has 2 fully saturated rings. The van der Waals surface area contributed by atoms with Crippen LogP contribution in [0.3, 0.4) is 0 Å². The lowest BCUT2D eigenvalue weighted by Gasteiger charge is -2.47. The number of anilines is 1. The van der Waals surface area contributed by atoms with Crippen LogP contribution in [-0.2, 0) is 11.8 Å². The van der Waals surface area contributed by atoms with Crippen molar-refractivity contribution in [1.82, 2.24) is 29.2 Å². The van der Waals surface area contributed by atoms with Crippen molar-refractivity contribution in [2.24, 2.45) is 7.05 Å². The molecular weight excluding hydrogens is 485 g/mol. The van der Waals surface area contributed by atoms with E-state index in [0.29, 0.717) is 30.8 Å². The minimum Gasteiger partial charge on any atom is -0.361 e. The second-order valence-electron chi connectivity index (χ2n) is 10.7. The number of aromatic nitrogens is 5.